The summed E-state index contributed by atoms with van der Waals surface area (Å²) in [5.41, 5.74) is 1.09. The van der Waals surface area contributed by atoms with Crippen molar-refractivity contribution < 1.29 is 14.3 Å². The van der Waals surface area contributed by atoms with Crippen LogP contribution in [0.4, 0.5) is 0 Å². The van der Waals surface area contributed by atoms with Crippen LogP contribution in [0.15, 0.2) is 24.5 Å². The summed E-state index contributed by atoms with van der Waals surface area (Å²) in [6.45, 7) is 2.54. The highest BCUT2D eigenvalue weighted by Crippen LogP contribution is 2.03. The van der Waals surface area contributed by atoms with Crippen molar-refractivity contribution in [3.8, 4) is 0 Å². The minimum absolute atomic E-state index is 0.0288. The van der Waals surface area contributed by atoms with Gasteiger partial charge in [0.05, 0.1) is 13.0 Å². The number of aryl methyl sites for hydroxylation is 1. The van der Waals surface area contributed by atoms with E-state index in [1.807, 2.05) is 12.1 Å². The number of nitrogens with zero attached hydrogens (tertiary/aromatic N) is 2. The molecule has 0 radical (unpaired) electrons. The number of carbonyl (C=O) groups is 2. The van der Waals surface area contributed by atoms with Gasteiger partial charge in [0.25, 0.3) is 0 Å². The first-order chi connectivity index (χ1) is 9.13. The van der Waals surface area contributed by atoms with Crippen LogP contribution in [0.25, 0.3) is 0 Å². The van der Waals surface area contributed by atoms with Gasteiger partial charge in [0.2, 0.25) is 5.91 Å². The summed E-state index contributed by atoms with van der Waals surface area (Å²) in [6.07, 6.45) is 4.79. The minimum atomic E-state index is -0.267. The molecule has 0 aliphatic rings. The summed E-state index contributed by atoms with van der Waals surface area (Å²) in [5.74, 6) is -0.239. The summed E-state index contributed by atoms with van der Waals surface area (Å²) in [4.78, 5) is 28.5. The normalized spacial score (nSPS) is 10.0. The first kappa shape index (κ1) is 15.1. The Balaban J connectivity index is 2.27. The van der Waals surface area contributed by atoms with E-state index >= 15 is 0 Å². The van der Waals surface area contributed by atoms with Crippen LogP contribution >= 0.6 is 0 Å². The average molecular weight is 264 g/mol. The molecule has 0 aliphatic carbocycles. The average Bonchev–Trinajstić information content (AvgIpc) is 2.43. The molecule has 0 unspecified atom stereocenters. The Morgan fingerprint density at radius 1 is 1.26 bits per heavy atom. The topological polar surface area (TPSA) is 59.5 Å². The van der Waals surface area contributed by atoms with Crippen LogP contribution in [0, 0.1) is 0 Å². The van der Waals surface area contributed by atoms with Gasteiger partial charge in [0.15, 0.2) is 0 Å². The number of ether oxygens (including phenoxy) is 1. The van der Waals surface area contributed by atoms with Crippen molar-refractivity contribution in [3.05, 3.63) is 30.1 Å². The second-order valence-corrected chi connectivity index (χ2v) is 4.23. The molecule has 0 fully saturated rings. The minimum Gasteiger partial charge on any atom is -0.466 e. The number of hydrogen-bond donors (Lipinski definition) is 0. The lowest BCUT2D eigenvalue weighted by atomic mass is 10.1. The maximum absolute atomic E-state index is 11.8. The number of hydrogen-bond acceptors (Lipinski definition) is 4. The van der Waals surface area contributed by atoms with Gasteiger partial charge in [-0.25, -0.2) is 0 Å². The van der Waals surface area contributed by atoms with Crippen molar-refractivity contribution in [2.45, 2.75) is 26.2 Å². The monoisotopic (exact) mass is 264 g/mol. The predicted molar refractivity (Wildman–Crippen MR) is 71.4 cm³/mol. The molecule has 1 heterocycles. The third-order valence-corrected chi connectivity index (χ3v) is 2.76. The lowest BCUT2D eigenvalue weighted by Crippen LogP contribution is -2.29. The predicted octanol–water partition coefficient (Wildman–Crippen LogP) is 1.43. The van der Waals surface area contributed by atoms with E-state index in [-0.39, 0.29) is 18.3 Å². The van der Waals surface area contributed by atoms with Gasteiger partial charge in [-0.05, 0) is 31.0 Å². The van der Waals surface area contributed by atoms with Crippen molar-refractivity contribution in [2.24, 2.45) is 0 Å². The van der Waals surface area contributed by atoms with E-state index in [2.05, 4.69) is 4.98 Å². The molecule has 0 spiro atoms. The van der Waals surface area contributed by atoms with Gasteiger partial charge in [-0.1, -0.05) is 0 Å². The van der Waals surface area contributed by atoms with Gasteiger partial charge in [0.1, 0.15) is 0 Å². The summed E-state index contributed by atoms with van der Waals surface area (Å²) in [5, 5.41) is 0. The first-order valence-corrected chi connectivity index (χ1v) is 6.42. The van der Waals surface area contributed by atoms with Gasteiger partial charge in [0, 0.05) is 32.4 Å². The van der Waals surface area contributed by atoms with E-state index in [9.17, 15) is 9.59 Å². The number of amides is 1. The van der Waals surface area contributed by atoms with Gasteiger partial charge in [-0.3, -0.25) is 14.6 Å². The fourth-order valence-corrected chi connectivity index (χ4v) is 1.61. The molecule has 5 nitrogen and oxygen atoms in total. The molecule has 0 N–H and O–H groups in total. The summed E-state index contributed by atoms with van der Waals surface area (Å²) in [6, 6.07) is 3.79. The molecule has 0 saturated heterocycles. The summed E-state index contributed by atoms with van der Waals surface area (Å²) in [7, 11) is 1.70. The van der Waals surface area contributed by atoms with E-state index in [1.165, 1.54) is 0 Å². The zero-order chi connectivity index (χ0) is 14.1. The fourth-order valence-electron chi connectivity index (χ4n) is 1.61. The Morgan fingerprint density at radius 3 is 2.58 bits per heavy atom. The molecule has 1 amide bonds. The van der Waals surface area contributed by atoms with Gasteiger partial charge in [-0.15, -0.1) is 0 Å². The second kappa shape index (κ2) is 8.24. The lowest BCUT2D eigenvalue weighted by molar-refractivity contribution is -0.143. The number of rotatable bonds is 7. The number of aromatic nitrogens is 1. The molecule has 0 aromatic carbocycles. The Morgan fingerprint density at radius 2 is 1.95 bits per heavy atom. The van der Waals surface area contributed by atoms with Crippen molar-refractivity contribution in [1.29, 1.82) is 0 Å². The molecule has 1 aromatic heterocycles. The molecule has 0 bridgehead atoms. The molecule has 0 atom stereocenters. The first-order valence-electron chi connectivity index (χ1n) is 6.42. The molecule has 104 valence electrons. The molecule has 5 heteroatoms. The molecule has 1 aromatic rings. The van der Waals surface area contributed by atoms with Crippen LogP contribution in [-0.2, 0) is 20.7 Å². The van der Waals surface area contributed by atoms with Crippen molar-refractivity contribution in [1.82, 2.24) is 9.88 Å². The maximum Gasteiger partial charge on any atom is 0.307 e. The third kappa shape index (κ3) is 5.99. The Labute approximate surface area is 113 Å². The van der Waals surface area contributed by atoms with Crippen molar-refractivity contribution >= 4 is 11.9 Å². The quantitative estimate of drug-likeness (QED) is 0.699. The van der Waals surface area contributed by atoms with Crippen molar-refractivity contribution in [3.63, 3.8) is 0 Å². The van der Waals surface area contributed by atoms with Crippen LogP contribution in [0.2, 0.25) is 0 Å². The largest absolute Gasteiger partial charge is 0.466 e. The zero-order valence-corrected chi connectivity index (χ0v) is 11.5. The Kier molecular flexibility index (Phi) is 6.57. The fraction of sp³-hybridized carbons (Fsp3) is 0.500. The van der Waals surface area contributed by atoms with Crippen LogP contribution in [0.5, 0.6) is 0 Å². The van der Waals surface area contributed by atoms with E-state index in [0.717, 1.165) is 5.56 Å². The van der Waals surface area contributed by atoms with E-state index < -0.39 is 0 Å². The van der Waals surface area contributed by atoms with E-state index in [4.69, 9.17) is 4.74 Å². The molecule has 0 saturated carbocycles. The molecule has 1 rings (SSSR count). The van der Waals surface area contributed by atoms with Crippen LogP contribution in [0.1, 0.15) is 25.3 Å². The molecule has 19 heavy (non-hydrogen) atoms. The SMILES string of the molecule is CCOC(=O)CCN(C)C(=O)CCc1ccncc1. The summed E-state index contributed by atoms with van der Waals surface area (Å²) < 4.78 is 4.82. The van der Waals surface area contributed by atoms with Crippen LogP contribution in [0.3, 0.4) is 0 Å². The van der Waals surface area contributed by atoms with Gasteiger partial charge >= 0.3 is 5.97 Å². The second-order valence-electron chi connectivity index (χ2n) is 4.23. The summed E-state index contributed by atoms with van der Waals surface area (Å²) >= 11 is 0. The highest BCUT2D eigenvalue weighted by Gasteiger charge is 2.11. The molecular formula is C14H20N2O3. The third-order valence-electron chi connectivity index (χ3n) is 2.76. The van der Waals surface area contributed by atoms with E-state index in [0.29, 0.717) is 26.0 Å². The Bertz CT molecular complexity index is 406. The standard InChI is InChI=1S/C14H20N2O3/c1-3-19-14(18)8-11-16(2)13(17)5-4-12-6-9-15-10-7-12/h6-7,9-10H,3-5,8,11H2,1-2H3. The van der Waals surface area contributed by atoms with Crippen LogP contribution < -0.4 is 0 Å². The number of pyridine rings is 1. The highest BCUT2D eigenvalue weighted by molar-refractivity contribution is 5.77. The number of esters is 1. The van der Waals surface area contributed by atoms with Gasteiger partial charge in [-0.2, -0.15) is 0 Å². The van der Waals surface area contributed by atoms with Crippen molar-refractivity contribution in [2.75, 3.05) is 20.2 Å². The molecular weight excluding hydrogens is 244 g/mol. The van der Waals surface area contributed by atoms with Crippen LogP contribution in [-0.4, -0.2) is 42.0 Å². The van der Waals surface area contributed by atoms with E-state index in [1.54, 1.807) is 31.3 Å². The zero-order valence-electron chi connectivity index (χ0n) is 11.5. The number of carbonyl (C=O) groups excluding carboxylic acids is 2. The smallest absolute Gasteiger partial charge is 0.307 e. The Hall–Kier alpha value is -1.91. The van der Waals surface area contributed by atoms with Gasteiger partial charge < -0.3 is 9.64 Å². The lowest BCUT2D eigenvalue weighted by Gasteiger charge is -2.16. The molecule has 0 aliphatic heterocycles. The highest BCUT2D eigenvalue weighted by atomic mass is 16.5. The maximum atomic E-state index is 11.8.